The summed E-state index contributed by atoms with van der Waals surface area (Å²) in [7, 11) is -1.89. The Balaban J connectivity index is 1.42. The molecule has 0 bridgehead atoms. The van der Waals surface area contributed by atoms with Gasteiger partial charge in [0.05, 0.1) is 18.0 Å². The van der Waals surface area contributed by atoms with E-state index in [9.17, 15) is 13.2 Å². The number of nitrogens with zero attached hydrogens (tertiary/aromatic N) is 2. The van der Waals surface area contributed by atoms with E-state index >= 15 is 0 Å². The minimum Gasteiger partial charge on any atom is -0.497 e. The Morgan fingerprint density at radius 3 is 2.25 bits per heavy atom. The monoisotopic (exact) mass is 456 g/mol. The van der Waals surface area contributed by atoms with Crippen molar-refractivity contribution in [2.24, 2.45) is 5.92 Å². The summed E-state index contributed by atoms with van der Waals surface area (Å²) < 4.78 is 33.0. The Hall–Kier alpha value is -2.38. The fourth-order valence-electron chi connectivity index (χ4n) is 4.80. The second-order valence-corrected chi connectivity index (χ2v) is 10.8. The highest BCUT2D eigenvalue weighted by Crippen LogP contribution is 2.36. The summed E-state index contributed by atoms with van der Waals surface area (Å²) in [6.07, 6.45) is 3.07. The molecule has 2 aliphatic heterocycles. The molecule has 0 aliphatic carbocycles. The largest absolute Gasteiger partial charge is 0.497 e. The lowest BCUT2D eigenvalue weighted by Gasteiger charge is -2.34. The maximum atomic E-state index is 13.3. The number of benzene rings is 2. The molecule has 1 atom stereocenters. The molecule has 0 saturated carbocycles. The number of likely N-dealkylation sites (tertiary alicyclic amines) is 1. The maximum absolute atomic E-state index is 13.3. The van der Waals surface area contributed by atoms with Gasteiger partial charge in [-0.2, -0.15) is 4.31 Å². The van der Waals surface area contributed by atoms with Crippen molar-refractivity contribution in [2.75, 3.05) is 26.7 Å². The first kappa shape index (κ1) is 22.8. The van der Waals surface area contributed by atoms with Crippen molar-refractivity contribution in [3.8, 4) is 5.75 Å². The van der Waals surface area contributed by atoms with E-state index in [1.165, 1.54) is 4.31 Å². The fourth-order valence-corrected chi connectivity index (χ4v) is 6.36. The van der Waals surface area contributed by atoms with Gasteiger partial charge < -0.3 is 9.64 Å². The highest BCUT2D eigenvalue weighted by atomic mass is 32.2. The van der Waals surface area contributed by atoms with Gasteiger partial charge in [-0.3, -0.25) is 4.79 Å². The average molecular weight is 457 g/mol. The van der Waals surface area contributed by atoms with Crippen LogP contribution in [0.15, 0.2) is 47.4 Å². The Morgan fingerprint density at radius 2 is 1.62 bits per heavy atom. The number of carbonyl (C=O) groups is 1. The number of rotatable bonds is 5. The molecule has 1 unspecified atom stereocenters. The fraction of sp³-hybridized carbons (Fsp3) is 0.480. The molecule has 4 rings (SSSR count). The Kier molecular flexibility index (Phi) is 6.58. The summed E-state index contributed by atoms with van der Waals surface area (Å²) in [6, 6.07) is 13.3. The van der Waals surface area contributed by atoms with Gasteiger partial charge in [-0.15, -0.1) is 0 Å². The topological polar surface area (TPSA) is 66.9 Å². The minimum absolute atomic E-state index is 0.0886. The van der Waals surface area contributed by atoms with Crippen LogP contribution in [0.5, 0.6) is 5.75 Å². The number of hydrogen-bond acceptors (Lipinski definition) is 4. The van der Waals surface area contributed by atoms with Crippen molar-refractivity contribution in [1.29, 1.82) is 0 Å². The predicted octanol–water partition coefficient (Wildman–Crippen LogP) is 4.08. The number of methoxy groups -OCH3 is 1. The van der Waals surface area contributed by atoms with E-state index in [1.54, 1.807) is 19.2 Å². The van der Waals surface area contributed by atoms with Gasteiger partial charge in [-0.05, 0) is 80.5 Å². The van der Waals surface area contributed by atoms with Crippen molar-refractivity contribution >= 4 is 15.9 Å². The molecule has 7 heteroatoms. The van der Waals surface area contributed by atoms with Crippen LogP contribution >= 0.6 is 0 Å². The highest BCUT2D eigenvalue weighted by molar-refractivity contribution is 7.89. The van der Waals surface area contributed by atoms with Crippen LogP contribution in [-0.2, 0) is 14.8 Å². The van der Waals surface area contributed by atoms with E-state index in [0.717, 1.165) is 41.8 Å². The Labute approximate surface area is 191 Å². The molecule has 172 valence electrons. The number of ether oxygens (including phenoxy) is 1. The number of sulfonamides is 1. The summed E-state index contributed by atoms with van der Waals surface area (Å²) in [4.78, 5) is 15.7. The molecule has 0 radical (unpaired) electrons. The van der Waals surface area contributed by atoms with E-state index in [0.29, 0.717) is 30.8 Å². The summed E-state index contributed by atoms with van der Waals surface area (Å²) in [5, 5.41) is 0. The smallest absolute Gasteiger partial charge is 0.243 e. The highest BCUT2D eigenvalue weighted by Gasteiger charge is 2.37. The summed E-state index contributed by atoms with van der Waals surface area (Å²) in [5.41, 5.74) is 3.17. The van der Waals surface area contributed by atoms with Crippen LogP contribution in [0.25, 0.3) is 0 Å². The lowest BCUT2D eigenvalue weighted by Crippen LogP contribution is -2.44. The van der Waals surface area contributed by atoms with Crippen LogP contribution in [0.2, 0.25) is 0 Å². The van der Waals surface area contributed by atoms with Gasteiger partial charge in [0.25, 0.3) is 0 Å². The lowest BCUT2D eigenvalue weighted by atomic mass is 9.95. The molecule has 0 spiro atoms. The molecule has 6 nitrogen and oxygen atoms in total. The first-order chi connectivity index (χ1) is 15.3. The number of piperidine rings is 1. The van der Waals surface area contributed by atoms with E-state index in [4.69, 9.17) is 4.74 Å². The Bertz CT molecular complexity index is 1070. The minimum atomic E-state index is -3.53. The number of aryl methyl sites for hydroxylation is 2. The molecule has 32 heavy (non-hydrogen) atoms. The third kappa shape index (κ3) is 4.41. The molecule has 0 N–H and O–H groups in total. The van der Waals surface area contributed by atoms with Gasteiger partial charge in [0.1, 0.15) is 5.75 Å². The van der Waals surface area contributed by atoms with E-state index < -0.39 is 10.0 Å². The standard InChI is InChI=1S/C25H32N2O4S/c1-18-6-11-23(17-19(18)2)32(29,30)26-15-12-21(13-16-26)25(28)27-14-4-5-24(27)20-7-9-22(31-3)10-8-20/h6-11,17,21,24H,4-5,12-16H2,1-3H3. The zero-order valence-corrected chi connectivity index (χ0v) is 19.9. The first-order valence-corrected chi connectivity index (χ1v) is 12.8. The maximum Gasteiger partial charge on any atom is 0.243 e. The zero-order chi connectivity index (χ0) is 22.9. The van der Waals surface area contributed by atoms with Crippen LogP contribution in [0.1, 0.15) is 48.4 Å². The van der Waals surface area contributed by atoms with E-state index in [-0.39, 0.29) is 17.9 Å². The SMILES string of the molecule is COc1ccc(C2CCCN2C(=O)C2CCN(S(=O)(=O)c3ccc(C)c(C)c3)CC2)cc1. The second-order valence-electron chi connectivity index (χ2n) is 8.89. The molecule has 2 saturated heterocycles. The van der Waals surface area contributed by atoms with Crippen LogP contribution in [0.3, 0.4) is 0 Å². The molecular formula is C25H32N2O4S. The first-order valence-electron chi connectivity index (χ1n) is 11.3. The normalized spacial score (nSPS) is 20.5. The number of amides is 1. The van der Waals surface area contributed by atoms with Crippen LogP contribution < -0.4 is 4.74 Å². The molecule has 2 aromatic rings. The molecule has 1 amide bonds. The van der Waals surface area contributed by atoms with Crippen LogP contribution in [-0.4, -0.2) is 50.3 Å². The molecule has 2 fully saturated rings. The molecule has 2 aliphatic rings. The van der Waals surface area contributed by atoms with Gasteiger partial charge in [0.15, 0.2) is 0 Å². The number of hydrogen-bond donors (Lipinski definition) is 0. The van der Waals surface area contributed by atoms with Crippen molar-refractivity contribution in [3.63, 3.8) is 0 Å². The van der Waals surface area contributed by atoms with Crippen LogP contribution in [0, 0.1) is 19.8 Å². The number of carbonyl (C=O) groups excluding carboxylic acids is 1. The quantitative estimate of drug-likeness (QED) is 0.680. The molecular weight excluding hydrogens is 424 g/mol. The van der Waals surface area contributed by atoms with Crippen molar-refractivity contribution in [3.05, 3.63) is 59.2 Å². The molecule has 2 heterocycles. The van der Waals surface area contributed by atoms with Gasteiger partial charge in [-0.25, -0.2) is 8.42 Å². The van der Waals surface area contributed by atoms with Crippen molar-refractivity contribution in [2.45, 2.75) is 50.5 Å². The van der Waals surface area contributed by atoms with Crippen LogP contribution in [0.4, 0.5) is 0 Å². The van der Waals surface area contributed by atoms with E-state index in [2.05, 4.69) is 0 Å². The van der Waals surface area contributed by atoms with E-state index in [1.807, 2.05) is 49.1 Å². The summed E-state index contributed by atoms with van der Waals surface area (Å²) in [6.45, 7) is 5.42. The van der Waals surface area contributed by atoms with Crippen molar-refractivity contribution < 1.29 is 17.9 Å². The van der Waals surface area contributed by atoms with Crippen molar-refractivity contribution in [1.82, 2.24) is 9.21 Å². The second kappa shape index (κ2) is 9.24. The van der Waals surface area contributed by atoms with Gasteiger partial charge in [0, 0.05) is 25.6 Å². The average Bonchev–Trinajstić information content (AvgIpc) is 3.30. The third-order valence-electron chi connectivity index (χ3n) is 6.96. The zero-order valence-electron chi connectivity index (χ0n) is 19.1. The lowest BCUT2D eigenvalue weighted by molar-refractivity contribution is -0.137. The summed E-state index contributed by atoms with van der Waals surface area (Å²) in [5.74, 6) is 0.841. The predicted molar refractivity (Wildman–Crippen MR) is 124 cm³/mol. The van der Waals surface area contributed by atoms with Gasteiger partial charge >= 0.3 is 0 Å². The molecule has 2 aromatic carbocycles. The molecule has 0 aromatic heterocycles. The Morgan fingerprint density at radius 1 is 0.938 bits per heavy atom. The third-order valence-corrected chi connectivity index (χ3v) is 8.85. The van der Waals surface area contributed by atoms with Gasteiger partial charge in [0.2, 0.25) is 15.9 Å². The van der Waals surface area contributed by atoms with Gasteiger partial charge in [-0.1, -0.05) is 18.2 Å². The summed E-state index contributed by atoms with van der Waals surface area (Å²) >= 11 is 0.